The fraction of sp³-hybridized carbons (Fsp3) is 0.300. The molecular formula is C20H22BrN3O. The molecule has 130 valence electrons. The maximum absolute atomic E-state index is 12.4. The van der Waals surface area contributed by atoms with E-state index in [1.165, 1.54) is 0 Å². The van der Waals surface area contributed by atoms with Gasteiger partial charge in [-0.1, -0.05) is 41.9 Å². The Balaban J connectivity index is 1.79. The van der Waals surface area contributed by atoms with Gasteiger partial charge in [0.25, 0.3) is 5.91 Å². The maximum Gasteiger partial charge on any atom is 0.251 e. The second kappa shape index (κ2) is 7.83. The summed E-state index contributed by atoms with van der Waals surface area (Å²) in [7, 11) is 0. The van der Waals surface area contributed by atoms with Crippen LogP contribution < -0.4 is 5.32 Å². The van der Waals surface area contributed by atoms with Crippen LogP contribution in [0.1, 0.15) is 36.5 Å². The summed E-state index contributed by atoms with van der Waals surface area (Å²) in [4.78, 5) is 17.1. The summed E-state index contributed by atoms with van der Waals surface area (Å²) in [6.45, 7) is 5.76. The first-order valence-corrected chi connectivity index (χ1v) is 9.32. The van der Waals surface area contributed by atoms with Crippen molar-refractivity contribution in [2.24, 2.45) is 5.92 Å². The standard InChI is InChI=1S/C20H22BrN3O/c1-14(2)11-12-24-18-6-4-3-5-17(18)23-19(24)13-22-20(25)15-7-9-16(21)10-8-15/h3-10,14H,11-13H2,1-2H3,(H,22,25). The van der Waals surface area contributed by atoms with Gasteiger partial charge in [-0.2, -0.15) is 0 Å². The number of nitrogens with zero attached hydrogens (tertiary/aromatic N) is 2. The molecule has 0 atom stereocenters. The Kier molecular flexibility index (Phi) is 5.53. The zero-order valence-electron chi connectivity index (χ0n) is 14.5. The summed E-state index contributed by atoms with van der Waals surface area (Å²) in [6, 6.07) is 15.5. The molecule has 1 amide bonds. The van der Waals surface area contributed by atoms with Crippen molar-refractivity contribution >= 4 is 32.9 Å². The van der Waals surface area contributed by atoms with Crippen molar-refractivity contribution in [3.63, 3.8) is 0 Å². The number of aromatic nitrogens is 2. The molecule has 0 aliphatic carbocycles. The monoisotopic (exact) mass is 399 g/mol. The number of fused-ring (bicyclic) bond motifs is 1. The molecule has 0 fully saturated rings. The van der Waals surface area contributed by atoms with Gasteiger partial charge in [0.05, 0.1) is 17.6 Å². The number of para-hydroxylation sites is 2. The van der Waals surface area contributed by atoms with Crippen molar-refractivity contribution in [1.82, 2.24) is 14.9 Å². The molecule has 4 nitrogen and oxygen atoms in total. The van der Waals surface area contributed by atoms with E-state index >= 15 is 0 Å². The van der Waals surface area contributed by atoms with Gasteiger partial charge in [0.2, 0.25) is 0 Å². The lowest BCUT2D eigenvalue weighted by molar-refractivity contribution is 0.0949. The van der Waals surface area contributed by atoms with Crippen LogP contribution in [-0.4, -0.2) is 15.5 Å². The number of benzene rings is 2. The largest absolute Gasteiger partial charge is 0.345 e. The zero-order chi connectivity index (χ0) is 17.8. The lowest BCUT2D eigenvalue weighted by Crippen LogP contribution is -2.24. The van der Waals surface area contributed by atoms with E-state index in [-0.39, 0.29) is 5.91 Å². The summed E-state index contributed by atoms with van der Waals surface area (Å²) in [5.41, 5.74) is 2.74. The molecule has 0 bridgehead atoms. The van der Waals surface area contributed by atoms with Gasteiger partial charge >= 0.3 is 0 Å². The van der Waals surface area contributed by atoms with E-state index in [2.05, 4.69) is 45.7 Å². The normalized spacial score (nSPS) is 11.2. The van der Waals surface area contributed by atoms with E-state index in [1.54, 1.807) is 12.1 Å². The van der Waals surface area contributed by atoms with Crippen molar-refractivity contribution in [3.05, 3.63) is 64.4 Å². The second-order valence-electron chi connectivity index (χ2n) is 6.54. The fourth-order valence-electron chi connectivity index (χ4n) is 2.76. The minimum atomic E-state index is -0.0880. The number of aryl methyl sites for hydroxylation is 1. The highest BCUT2D eigenvalue weighted by Gasteiger charge is 2.12. The van der Waals surface area contributed by atoms with E-state index in [4.69, 9.17) is 4.98 Å². The summed E-state index contributed by atoms with van der Waals surface area (Å²) < 4.78 is 3.18. The van der Waals surface area contributed by atoms with Gasteiger partial charge < -0.3 is 9.88 Å². The van der Waals surface area contributed by atoms with Crippen LogP contribution in [0.15, 0.2) is 53.0 Å². The van der Waals surface area contributed by atoms with Crippen LogP contribution in [-0.2, 0) is 13.1 Å². The molecule has 0 saturated carbocycles. The first-order valence-electron chi connectivity index (χ1n) is 8.52. The van der Waals surface area contributed by atoms with E-state index in [9.17, 15) is 4.79 Å². The lowest BCUT2D eigenvalue weighted by Gasteiger charge is -2.12. The van der Waals surface area contributed by atoms with Crippen molar-refractivity contribution < 1.29 is 4.79 Å². The summed E-state index contributed by atoms with van der Waals surface area (Å²) in [5, 5.41) is 2.99. The lowest BCUT2D eigenvalue weighted by atomic mass is 10.1. The highest BCUT2D eigenvalue weighted by atomic mass is 79.9. The van der Waals surface area contributed by atoms with Crippen LogP contribution in [0.4, 0.5) is 0 Å². The molecule has 0 spiro atoms. The Bertz CT molecular complexity index is 868. The first kappa shape index (κ1) is 17.7. The highest BCUT2D eigenvalue weighted by molar-refractivity contribution is 9.10. The molecule has 3 aromatic rings. The number of carbonyl (C=O) groups excluding carboxylic acids is 1. The Hall–Kier alpha value is -2.14. The topological polar surface area (TPSA) is 46.9 Å². The second-order valence-corrected chi connectivity index (χ2v) is 7.46. The molecule has 0 unspecified atom stereocenters. The number of amides is 1. The molecule has 3 rings (SSSR count). The minimum Gasteiger partial charge on any atom is -0.345 e. The van der Waals surface area contributed by atoms with Crippen molar-refractivity contribution in [3.8, 4) is 0 Å². The molecule has 1 heterocycles. The van der Waals surface area contributed by atoms with Crippen LogP contribution in [0.25, 0.3) is 11.0 Å². The van der Waals surface area contributed by atoms with E-state index in [0.29, 0.717) is 18.0 Å². The average molecular weight is 400 g/mol. The minimum absolute atomic E-state index is 0.0880. The fourth-order valence-corrected chi connectivity index (χ4v) is 3.02. The molecule has 1 N–H and O–H groups in total. The predicted molar refractivity (Wildman–Crippen MR) is 105 cm³/mol. The van der Waals surface area contributed by atoms with Crippen LogP contribution in [0.3, 0.4) is 0 Å². The number of rotatable bonds is 6. The van der Waals surface area contributed by atoms with E-state index < -0.39 is 0 Å². The third-order valence-electron chi connectivity index (χ3n) is 4.18. The van der Waals surface area contributed by atoms with Gasteiger partial charge in [-0.3, -0.25) is 4.79 Å². The average Bonchev–Trinajstić information content (AvgIpc) is 2.96. The summed E-state index contributed by atoms with van der Waals surface area (Å²) in [6.07, 6.45) is 1.08. The molecule has 0 saturated heterocycles. The number of nitrogens with one attached hydrogen (secondary N) is 1. The zero-order valence-corrected chi connectivity index (χ0v) is 16.1. The van der Waals surface area contributed by atoms with Crippen molar-refractivity contribution in [2.75, 3.05) is 0 Å². The van der Waals surface area contributed by atoms with Crippen LogP contribution in [0.2, 0.25) is 0 Å². The number of imidazole rings is 1. The summed E-state index contributed by atoms with van der Waals surface area (Å²) >= 11 is 3.38. The predicted octanol–water partition coefficient (Wildman–Crippen LogP) is 4.77. The Morgan fingerprint density at radius 1 is 1.16 bits per heavy atom. The van der Waals surface area contributed by atoms with Crippen molar-refractivity contribution in [1.29, 1.82) is 0 Å². The van der Waals surface area contributed by atoms with E-state index in [1.807, 2.05) is 30.3 Å². The van der Waals surface area contributed by atoms with Gasteiger partial charge in [-0.05, 0) is 48.7 Å². The SMILES string of the molecule is CC(C)CCn1c(CNC(=O)c2ccc(Br)cc2)nc2ccccc21. The van der Waals surface area contributed by atoms with Gasteiger partial charge in [-0.25, -0.2) is 4.98 Å². The first-order chi connectivity index (χ1) is 12.0. The van der Waals surface area contributed by atoms with Crippen molar-refractivity contribution in [2.45, 2.75) is 33.4 Å². The molecule has 1 aromatic heterocycles. The van der Waals surface area contributed by atoms with Gasteiger partial charge in [0, 0.05) is 16.6 Å². The number of halogens is 1. The third kappa shape index (κ3) is 4.28. The third-order valence-corrected chi connectivity index (χ3v) is 4.71. The molecule has 0 aliphatic rings. The molecule has 0 aliphatic heterocycles. The molecule has 5 heteroatoms. The highest BCUT2D eigenvalue weighted by Crippen LogP contribution is 2.18. The van der Waals surface area contributed by atoms with E-state index in [0.717, 1.165) is 34.3 Å². The van der Waals surface area contributed by atoms with Gasteiger partial charge in [-0.15, -0.1) is 0 Å². The number of carbonyl (C=O) groups is 1. The molecular weight excluding hydrogens is 378 g/mol. The van der Waals surface area contributed by atoms with Crippen LogP contribution >= 0.6 is 15.9 Å². The number of hydrogen-bond donors (Lipinski definition) is 1. The Labute approximate surface area is 156 Å². The van der Waals surface area contributed by atoms with Crippen LogP contribution in [0, 0.1) is 5.92 Å². The molecule has 0 radical (unpaired) electrons. The Morgan fingerprint density at radius 3 is 2.60 bits per heavy atom. The smallest absolute Gasteiger partial charge is 0.251 e. The maximum atomic E-state index is 12.4. The molecule has 25 heavy (non-hydrogen) atoms. The van der Waals surface area contributed by atoms with Gasteiger partial charge in [0.15, 0.2) is 0 Å². The quantitative estimate of drug-likeness (QED) is 0.648. The van der Waals surface area contributed by atoms with Crippen LogP contribution in [0.5, 0.6) is 0 Å². The summed E-state index contributed by atoms with van der Waals surface area (Å²) in [5.74, 6) is 1.42. The number of hydrogen-bond acceptors (Lipinski definition) is 2. The molecule has 2 aromatic carbocycles. The van der Waals surface area contributed by atoms with Gasteiger partial charge in [0.1, 0.15) is 5.82 Å². The Morgan fingerprint density at radius 2 is 1.88 bits per heavy atom.